The van der Waals surface area contributed by atoms with Crippen LogP contribution in [0.2, 0.25) is 0 Å². The number of carboxylic acid groups (broad SMARTS) is 1. The molecule has 10 heteroatoms. The highest BCUT2D eigenvalue weighted by Gasteiger charge is 2.07. The van der Waals surface area contributed by atoms with Gasteiger partial charge in [-0.25, -0.2) is 0 Å². The van der Waals surface area contributed by atoms with Crippen LogP contribution in [0.3, 0.4) is 0 Å². The fourth-order valence-electron chi connectivity index (χ4n) is 4.04. The maximum atomic E-state index is 11.9. The minimum Gasteiger partial charge on any atom is -0.481 e. The van der Waals surface area contributed by atoms with Crippen LogP contribution in [0.4, 0.5) is 0 Å². The third-order valence-corrected chi connectivity index (χ3v) is 6.50. The van der Waals surface area contributed by atoms with Gasteiger partial charge < -0.3 is 30.9 Å². The van der Waals surface area contributed by atoms with Crippen LogP contribution in [-0.4, -0.2) is 74.2 Å². The summed E-state index contributed by atoms with van der Waals surface area (Å²) in [4.78, 5) is 45.1. The van der Waals surface area contributed by atoms with Crippen molar-refractivity contribution in [1.82, 2.24) is 10.6 Å². The number of nitrogens with one attached hydrogen (secondary N) is 2. The van der Waals surface area contributed by atoms with Crippen LogP contribution in [-0.2, 0) is 28.7 Å². The van der Waals surface area contributed by atoms with E-state index in [9.17, 15) is 19.2 Å². The Kier molecular flexibility index (Phi) is 26.1. The number of rotatable bonds is 29. The standard InChI is InChI=1S/C29H55N3O7/c1-25(33)26(30)16-14-15-19-31-28(35)24-39-23-22-38-21-20-32-27(34)17-12-10-8-6-4-2-3-5-7-9-11-13-18-29(36)37/h26H,2-24,30H2,1H3,(H,31,35)(H,32,34)(H,36,37)/t26-/m0/s1. The van der Waals surface area contributed by atoms with Gasteiger partial charge in [-0.15, -0.1) is 0 Å². The third-order valence-electron chi connectivity index (χ3n) is 6.50. The number of hydrogen-bond acceptors (Lipinski definition) is 7. The van der Waals surface area contributed by atoms with Gasteiger partial charge in [-0.05, 0) is 39.0 Å². The molecule has 5 N–H and O–H groups in total. The third kappa shape index (κ3) is 28.8. The van der Waals surface area contributed by atoms with Crippen molar-refractivity contribution in [2.45, 2.75) is 122 Å². The topological polar surface area (TPSA) is 157 Å². The Morgan fingerprint density at radius 1 is 0.641 bits per heavy atom. The molecule has 0 radical (unpaired) electrons. The molecule has 228 valence electrons. The number of ketones is 1. The highest BCUT2D eigenvalue weighted by molar-refractivity contribution is 5.81. The van der Waals surface area contributed by atoms with E-state index in [-0.39, 0.29) is 24.2 Å². The van der Waals surface area contributed by atoms with Gasteiger partial charge in [0.1, 0.15) is 12.4 Å². The van der Waals surface area contributed by atoms with E-state index in [0.29, 0.717) is 52.2 Å². The number of ether oxygens (including phenoxy) is 2. The fourth-order valence-corrected chi connectivity index (χ4v) is 4.04. The summed E-state index contributed by atoms with van der Waals surface area (Å²) in [7, 11) is 0. The first-order chi connectivity index (χ1) is 18.8. The molecule has 0 fully saturated rings. The average molecular weight is 558 g/mol. The molecule has 0 aromatic heterocycles. The second-order valence-corrected chi connectivity index (χ2v) is 10.2. The first kappa shape index (κ1) is 37.0. The van der Waals surface area contributed by atoms with E-state index in [4.69, 9.17) is 20.3 Å². The van der Waals surface area contributed by atoms with Gasteiger partial charge >= 0.3 is 5.97 Å². The molecule has 10 nitrogen and oxygen atoms in total. The van der Waals surface area contributed by atoms with Gasteiger partial charge in [0.2, 0.25) is 11.8 Å². The molecule has 39 heavy (non-hydrogen) atoms. The summed E-state index contributed by atoms with van der Waals surface area (Å²) in [6.07, 6.45) is 16.5. The fraction of sp³-hybridized carbons (Fsp3) is 0.862. The van der Waals surface area contributed by atoms with Crippen molar-refractivity contribution in [3.63, 3.8) is 0 Å². The summed E-state index contributed by atoms with van der Waals surface area (Å²) in [5.74, 6) is -0.842. The minimum absolute atomic E-state index is 0.0159. The highest BCUT2D eigenvalue weighted by atomic mass is 16.5. The molecule has 0 spiro atoms. The molecule has 0 aliphatic carbocycles. The Morgan fingerprint density at radius 3 is 1.72 bits per heavy atom. The summed E-state index contributed by atoms with van der Waals surface area (Å²) >= 11 is 0. The predicted octanol–water partition coefficient (Wildman–Crippen LogP) is 3.88. The molecular weight excluding hydrogens is 502 g/mol. The lowest BCUT2D eigenvalue weighted by atomic mass is 10.0. The van der Waals surface area contributed by atoms with E-state index >= 15 is 0 Å². The molecule has 0 aliphatic rings. The smallest absolute Gasteiger partial charge is 0.303 e. The second-order valence-electron chi connectivity index (χ2n) is 10.2. The molecule has 0 bridgehead atoms. The maximum Gasteiger partial charge on any atom is 0.303 e. The van der Waals surface area contributed by atoms with Gasteiger partial charge in [0.15, 0.2) is 0 Å². The minimum atomic E-state index is -0.696. The van der Waals surface area contributed by atoms with Crippen molar-refractivity contribution in [2.24, 2.45) is 5.73 Å². The van der Waals surface area contributed by atoms with E-state index < -0.39 is 12.0 Å². The summed E-state index contributed by atoms with van der Waals surface area (Å²) in [6.45, 7) is 3.53. The molecule has 0 aromatic carbocycles. The average Bonchev–Trinajstić information content (AvgIpc) is 2.89. The van der Waals surface area contributed by atoms with Gasteiger partial charge in [0.05, 0.1) is 25.9 Å². The van der Waals surface area contributed by atoms with E-state index in [2.05, 4.69) is 10.6 Å². The number of hydrogen-bond donors (Lipinski definition) is 4. The number of unbranched alkanes of at least 4 members (excludes halogenated alkanes) is 12. The number of aliphatic carboxylic acids is 1. The lowest BCUT2D eigenvalue weighted by Crippen LogP contribution is -2.30. The van der Waals surface area contributed by atoms with Crippen molar-refractivity contribution in [3.8, 4) is 0 Å². The van der Waals surface area contributed by atoms with Crippen LogP contribution >= 0.6 is 0 Å². The summed E-state index contributed by atoms with van der Waals surface area (Å²) in [5, 5.41) is 14.2. The molecule has 0 saturated heterocycles. The van der Waals surface area contributed by atoms with Gasteiger partial charge in [-0.2, -0.15) is 0 Å². The first-order valence-corrected chi connectivity index (χ1v) is 15.0. The largest absolute Gasteiger partial charge is 0.481 e. The van der Waals surface area contributed by atoms with Crippen molar-refractivity contribution in [2.75, 3.05) is 39.5 Å². The van der Waals surface area contributed by atoms with E-state index in [1.165, 1.54) is 51.9 Å². The van der Waals surface area contributed by atoms with Crippen molar-refractivity contribution >= 4 is 23.6 Å². The van der Waals surface area contributed by atoms with Crippen LogP contribution in [0.1, 0.15) is 116 Å². The zero-order valence-electron chi connectivity index (χ0n) is 24.3. The van der Waals surface area contributed by atoms with Crippen LogP contribution in [0.15, 0.2) is 0 Å². The Labute approximate surface area is 235 Å². The normalized spacial score (nSPS) is 11.7. The molecular formula is C29H55N3O7. The van der Waals surface area contributed by atoms with Crippen LogP contribution in [0.5, 0.6) is 0 Å². The lowest BCUT2D eigenvalue weighted by molar-refractivity contribution is -0.137. The second kappa shape index (κ2) is 27.5. The predicted molar refractivity (Wildman–Crippen MR) is 152 cm³/mol. The van der Waals surface area contributed by atoms with Gasteiger partial charge in [-0.3, -0.25) is 19.2 Å². The number of nitrogens with two attached hydrogens (primary N) is 1. The molecule has 1 atom stereocenters. The molecule has 0 unspecified atom stereocenters. The Bertz CT molecular complexity index is 646. The number of carbonyl (C=O) groups is 4. The van der Waals surface area contributed by atoms with Crippen molar-refractivity contribution < 1.29 is 33.8 Å². The maximum absolute atomic E-state index is 11.9. The zero-order chi connectivity index (χ0) is 29.0. The van der Waals surface area contributed by atoms with Crippen LogP contribution in [0, 0.1) is 0 Å². The summed E-state index contributed by atoms with van der Waals surface area (Å²) in [5.41, 5.74) is 5.66. The quantitative estimate of drug-likeness (QED) is 0.101. The lowest BCUT2D eigenvalue weighted by Gasteiger charge is -2.09. The number of Topliss-reactive ketones (excluding diaryl/α,β-unsaturated/α-hetero) is 1. The summed E-state index contributed by atoms with van der Waals surface area (Å²) < 4.78 is 10.7. The Balaban J connectivity index is 3.30. The monoisotopic (exact) mass is 557 g/mol. The molecule has 0 heterocycles. The van der Waals surface area contributed by atoms with Gasteiger partial charge in [0.25, 0.3) is 0 Å². The number of carboxylic acids is 1. The highest BCUT2D eigenvalue weighted by Crippen LogP contribution is 2.13. The Morgan fingerprint density at radius 2 is 1.15 bits per heavy atom. The van der Waals surface area contributed by atoms with Crippen LogP contribution in [0.25, 0.3) is 0 Å². The SMILES string of the molecule is CC(=O)[C@@H](N)CCCCNC(=O)COCCOCCNC(=O)CCCCCCCCCCCCCCC(=O)O. The van der Waals surface area contributed by atoms with E-state index in [1.54, 1.807) is 0 Å². The van der Waals surface area contributed by atoms with Crippen LogP contribution < -0.4 is 16.4 Å². The van der Waals surface area contributed by atoms with Gasteiger partial charge in [-0.1, -0.05) is 64.2 Å². The first-order valence-electron chi connectivity index (χ1n) is 15.0. The van der Waals surface area contributed by atoms with Crippen molar-refractivity contribution in [3.05, 3.63) is 0 Å². The van der Waals surface area contributed by atoms with Crippen molar-refractivity contribution in [1.29, 1.82) is 0 Å². The Hall–Kier alpha value is -2.04. The zero-order valence-corrected chi connectivity index (χ0v) is 24.3. The van der Waals surface area contributed by atoms with E-state index in [0.717, 1.165) is 44.9 Å². The molecule has 2 amide bonds. The molecule has 0 aliphatic heterocycles. The number of carbonyl (C=O) groups excluding carboxylic acids is 3. The van der Waals surface area contributed by atoms with E-state index in [1.807, 2.05) is 0 Å². The number of amides is 2. The molecule has 0 saturated carbocycles. The van der Waals surface area contributed by atoms with Gasteiger partial charge in [0, 0.05) is 25.9 Å². The molecule has 0 aromatic rings. The molecule has 0 rings (SSSR count). The summed E-state index contributed by atoms with van der Waals surface area (Å²) in [6, 6.07) is -0.416.